The molecule has 1 amide bonds. The highest BCUT2D eigenvalue weighted by atomic mass is 16.7. The summed E-state index contributed by atoms with van der Waals surface area (Å²) in [6.45, 7) is 3.46. The van der Waals surface area contributed by atoms with Gasteiger partial charge in [-0.15, -0.1) is 0 Å². The number of carbonyl (C=O) groups is 1. The minimum Gasteiger partial charge on any atom is -0.394 e. The predicted molar refractivity (Wildman–Crippen MR) is 216 cm³/mol. The van der Waals surface area contributed by atoms with Crippen LogP contribution in [0.1, 0.15) is 142 Å². The lowest BCUT2D eigenvalue weighted by molar-refractivity contribution is -0.302. The number of allylic oxidation sites excluding steroid dienone is 11. The van der Waals surface area contributed by atoms with Gasteiger partial charge in [-0.1, -0.05) is 131 Å². The van der Waals surface area contributed by atoms with E-state index >= 15 is 0 Å². The van der Waals surface area contributed by atoms with Crippen LogP contribution in [0.25, 0.3) is 0 Å². The van der Waals surface area contributed by atoms with Gasteiger partial charge in [0.25, 0.3) is 0 Å². The van der Waals surface area contributed by atoms with Gasteiger partial charge in [0.1, 0.15) is 24.4 Å². The van der Waals surface area contributed by atoms with Crippen LogP contribution in [0.15, 0.2) is 72.9 Å². The second kappa shape index (κ2) is 34.1. The van der Waals surface area contributed by atoms with Gasteiger partial charge >= 0.3 is 0 Å². The minimum absolute atomic E-state index is 0.211. The van der Waals surface area contributed by atoms with Gasteiger partial charge < -0.3 is 40.3 Å². The summed E-state index contributed by atoms with van der Waals surface area (Å²) >= 11 is 0. The van der Waals surface area contributed by atoms with Gasteiger partial charge in [0.05, 0.1) is 25.4 Å². The number of hydrogen-bond donors (Lipinski definition) is 6. The first-order chi connectivity index (χ1) is 25.8. The van der Waals surface area contributed by atoms with E-state index in [2.05, 4.69) is 66.9 Å². The van der Waals surface area contributed by atoms with Crippen LogP contribution >= 0.6 is 0 Å². The molecule has 0 aromatic heterocycles. The van der Waals surface area contributed by atoms with E-state index in [1.165, 1.54) is 38.5 Å². The van der Waals surface area contributed by atoms with E-state index in [4.69, 9.17) is 9.47 Å². The van der Waals surface area contributed by atoms with E-state index in [0.29, 0.717) is 6.42 Å². The standard InChI is InChI=1S/C44H75NO8/c1-3-5-7-9-11-13-14-15-16-17-18-19-20-21-22-23-24-26-28-30-32-34-40(48)45-37(38(47)33-31-29-27-25-12-10-8-6-4-2)36-52-44-43(51)42(50)41(49)39(35-46)53-44/h4,6,12,14-15,17-18,20-21,25,31,33,37-39,41-44,46-47,49-51H,3,5,7-11,13,16,19,22-24,26-30,32,34-36H2,1-2H3,(H,45,48)/b6-4+,15-14-,18-17-,21-20-,25-12+,33-31+. The average molecular weight is 746 g/mol. The monoisotopic (exact) mass is 746 g/mol. The second-order valence-corrected chi connectivity index (χ2v) is 14.1. The minimum atomic E-state index is -1.58. The highest BCUT2D eigenvalue weighted by Crippen LogP contribution is 2.22. The molecular weight excluding hydrogens is 670 g/mol. The zero-order chi connectivity index (χ0) is 38.8. The molecule has 1 fully saturated rings. The molecule has 9 heteroatoms. The molecule has 0 aromatic rings. The van der Waals surface area contributed by atoms with Crippen LogP contribution in [-0.4, -0.2) is 87.5 Å². The molecule has 304 valence electrons. The summed E-state index contributed by atoms with van der Waals surface area (Å²) in [4.78, 5) is 12.9. The summed E-state index contributed by atoms with van der Waals surface area (Å²) < 4.78 is 11.1. The van der Waals surface area contributed by atoms with Gasteiger partial charge in [0.15, 0.2) is 6.29 Å². The van der Waals surface area contributed by atoms with E-state index in [9.17, 15) is 30.3 Å². The second-order valence-electron chi connectivity index (χ2n) is 14.1. The molecule has 0 spiro atoms. The Morgan fingerprint density at radius 3 is 1.81 bits per heavy atom. The normalized spacial score (nSPS) is 22.4. The Hall–Kier alpha value is -2.37. The summed E-state index contributed by atoms with van der Waals surface area (Å²) in [5.41, 5.74) is 0. The van der Waals surface area contributed by atoms with E-state index in [-0.39, 0.29) is 12.5 Å². The zero-order valence-electron chi connectivity index (χ0n) is 33.0. The van der Waals surface area contributed by atoms with Crippen LogP contribution in [0.2, 0.25) is 0 Å². The number of hydrogen-bond acceptors (Lipinski definition) is 8. The third-order valence-corrected chi connectivity index (χ3v) is 9.33. The van der Waals surface area contributed by atoms with E-state index in [0.717, 1.165) is 83.5 Å². The largest absolute Gasteiger partial charge is 0.394 e. The molecule has 0 radical (unpaired) electrons. The molecule has 6 N–H and O–H groups in total. The average Bonchev–Trinajstić information content (AvgIpc) is 3.16. The van der Waals surface area contributed by atoms with Crippen LogP contribution < -0.4 is 5.32 Å². The van der Waals surface area contributed by atoms with Gasteiger partial charge in [0.2, 0.25) is 5.91 Å². The number of aliphatic hydroxyl groups excluding tert-OH is 5. The van der Waals surface area contributed by atoms with E-state index in [1.807, 2.05) is 19.1 Å². The Bertz CT molecular complexity index is 1050. The van der Waals surface area contributed by atoms with Crippen LogP contribution in [-0.2, 0) is 14.3 Å². The molecule has 1 heterocycles. The number of amides is 1. The Labute approximate surface area is 321 Å². The van der Waals surface area contributed by atoms with Crippen molar-refractivity contribution >= 4 is 5.91 Å². The summed E-state index contributed by atoms with van der Waals surface area (Å²) in [6, 6.07) is -0.835. The number of carbonyl (C=O) groups excluding carboxylic acids is 1. The van der Waals surface area contributed by atoms with Crippen LogP contribution in [0, 0.1) is 0 Å². The quantitative estimate of drug-likeness (QED) is 0.0302. The van der Waals surface area contributed by atoms with Crippen LogP contribution in [0.3, 0.4) is 0 Å². The fourth-order valence-corrected chi connectivity index (χ4v) is 5.96. The maximum absolute atomic E-state index is 12.9. The number of ether oxygens (including phenoxy) is 2. The predicted octanol–water partition coefficient (Wildman–Crippen LogP) is 7.83. The number of aliphatic hydroxyl groups is 5. The van der Waals surface area contributed by atoms with Gasteiger partial charge in [0, 0.05) is 6.42 Å². The molecule has 0 aromatic carbocycles. The van der Waals surface area contributed by atoms with Crippen molar-refractivity contribution < 1.29 is 39.8 Å². The number of nitrogens with one attached hydrogen (secondary N) is 1. The fraction of sp³-hybridized carbons (Fsp3) is 0.705. The van der Waals surface area contributed by atoms with Crippen molar-refractivity contribution in [3.8, 4) is 0 Å². The van der Waals surface area contributed by atoms with Crippen molar-refractivity contribution in [3.05, 3.63) is 72.9 Å². The highest BCUT2D eigenvalue weighted by molar-refractivity contribution is 5.76. The molecule has 1 aliphatic rings. The highest BCUT2D eigenvalue weighted by Gasteiger charge is 2.44. The fourth-order valence-electron chi connectivity index (χ4n) is 5.96. The molecule has 1 saturated heterocycles. The first-order valence-electron chi connectivity index (χ1n) is 20.6. The van der Waals surface area contributed by atoms with E-state index in [1.54, 1.807) is 6.08 Å². The third kappa shape index (κ3) is 25.4. The van der Waals surface area contributed by atoms with Crippen molar-refractivity contribution in [2.24, 2.45) is 0 Å². The lowest BCUT2D eigenvalue weighted by atomic mass is 9.99. The van der Waals surface area contributed by atoms with Crippen LogP contribution in [0.5, 0.6) is 0 Å². The van der Waals surface area contributed by atoms with Gasteiger partial charge in [-0.05, 0) is 77.6 Å². The molecule has 1 rings (SSSR count). The Kier molecular flexibility index (Phi) is 31.3. The van der Waals surface area contributed by atoms with Gasteiger partial charge in [-0.25, -0.2) is 0 Å². The lowest BCUT2D eigenvalue weighted by Gasteiger charge is -2.40. The van der Waals surface area contributed by atoms with Gasteiger partial charge in [-0.2, -0.15) is 0 Å². The van der Waals surface area contributed by atoms with Crippen LogP contribution in [0.4, 0.5) is 0 Å². The molecule has 1 aliphatic heterocycles. The zero-order valence-corrected chi connectivity index (χ0v) is 33.0. The van der Waals surface area contributed by atoms with Crippen molar-refractivity contribution in [1.82, 2.24) is 5.32 Å². The van der Waals surface area contributed by atoms with Crippen molar-refractivity contribution in [2.45, 2.75) is 185 Å². The van der Waals surface area contributed by atoms with Crippen molar-refractivity contribution in [1.29, 1.82) is 0 Å². The Balaban J connectivity index is 2.36. The first kappa shape index (κ1) is 48.6. The maximum atomic E-state index is 12.9. The summed E-state index contributed by atoms with van der Waals surface area (Å²) in [5, 5.41) is 53.8. The van der Waals surface area contributed by atoms with Gasteiger partial charge in [-0.3, -0.25) is 4.79 Å². The van der Waals surface area contributed by atoms with Crippen molar-refractivity contribution in [3.63, 3.8) is 0 Å². The lowest BCUT2D eigenvalue weighted by Crippen LogP contribution is -2.60. The molecule has 0 bridgehead atoms. The number of unbranched alkanes of at least 4 members (excludes halogenated alkanes) is 13. The SMILES string of the molecule is C/C=C/CC/C=C/CC/C=C/C(O)C(COC1OC(CO)C(O)C(O)C1O)NC(=O)CCCCCCCC/C=C\C/C=C\C/C=C\CCCCCCC. The number of rotatable bonds is 32. The molecule has 7 atom stereocenters. The Morgan fingerprint density at radius 2 is 1.21 bits per heavy atom. The topological polar surface area (TPSA) is 149 Å². The summed E-state index contributed by atoms with van der Waals surface area (Å²) in [7, 11) is 0. The Morgan fingerprint density at radius 1 is 0.679 bits per heavy atom. The van der Waals surface area contributed by atoms with E-state index < -0.39 is 49.5 Å². The molecule has 0 saturated carbocycles. The third-order valence-electron chi connectivity index (χ3n) is 9.33. The molecule has 9 nitrogen and oxygen atoms in total. The first-order valence-corrected chi connectivity index (χ1v) is 20.6. The maximum Gasteiger partial charge on any atom is 0.220 e. The summed E-state index contributed by atoms with van der Waals surface area (Å²) in [6.07, 6.45) is 38.3. The summed E-state index contributed by atoms with van der Waals surface area (Å²) in [5.74, 6) is -0.211. The molecule has 7 unspecified atom stereocenters. The smallest absolute Gasteiger partial charge is 0.220 e. The van der Waals surface area contributed by atoms with Crippen molar-refractivity contribution in [2.75, 3.05) is 13.2 Å². The molecule has 0 aliphatic carbocycles. The molecular formula is C44H75NO8. The molecule has 53 heavy (non-hydrogen) atoms.